The van der Waals surface area contributed by atoms with Crippen LogP contribution in [0.2, 0.25) is 0 Å². The average molecular weight is 645 g/mol. The van der Waals surface area contributed by atoms with Crippen LogP contribution in [0.5, 0.6) is 0 Å². The number of amides is 1. The van der Waals surface area contributed by atoms with Gasteiger partial charge < -0.3 is 27.0 Å². The van der Waals surface area contributed by atoms with Crippen molar-refractivity contribution >= 4 is 22.1 Å². The largest absolute Gasteiger partial charge is 0.350 e. The van der Waals surface area contributed by atoms with E-state index in [4.69, 9.17) is 11.5 Å². The van der Waals surface area contributed by atoms with Crippen LogP contribution in [0.15, 0.2) is 16.6 Å². The van der Waals surface area contributed by atoms with E-state index in [1.165, 1.54) is 6.21 Å². The van der Waals surface area contributed by atoms with Crippen molar-refractivity contribution < 1.29 is 22.0 Å². The van der Waals surface area contributed by atoms with Crippen molar-refractivity contribution in [2.45, 2.75) is 107 Å². The van der Waals surface area contributed by atoms with Crippen molar-refractivity contribution in [3.63, 3.8) is 0 Å². The molecule has 5 heterocycles. The van der Waals surface area contributed by atoms with Crippen LogP contribution in [0.1, 0.15) is 59.3 Å². The number of halogens is 2. The Balaban J connectivity index is 1.45. The fraction of sp³-hybridized carbons (Fsp3) is 0.867. The Morgan fingerprint density at radius 3 is 2.36 bits per heavy atom. The lowest BCUT2D eigenvalue weighted by Gasteiger charge is -2.46. The molecule has 0 radical (unpaired) electrons. The van der Waals surface area contributed by atoms with Gasteiger partial charge in [-0.2, -0.15) is 4.31 Å². The molecule has 0 aromatic heterocycles. The van der Waals surface area contributed by atoms with E-state index in [0.717, 1.165) is 38.0 Å². The number of sulfonamides is 1. The summed E-state index contributed by atoms with van der Waals surface area (Å²) in [7, 11) is -3.47. The zero-order valence-corrected chi connectivity index (χ0v) is 27.4. The molecule has 6 N–H and O–H groups in total. The highest BCUT2D eigenvalue weighted by molar-refractivity contribution is 7.89. The fourth-order valence-corrected chi connectivity index (χ4v) is 9.28. The van der Waals surface area contributed by atoms with E-state index in [-0.39, 0.29) is 19.0 Å². The molecule has 0 saturated carbocycles. The summed E-state index contributed by atoms with van der Waals surface area (Å²) in [5.74, 6) is -1.46. The third-order valence-electron chi connectivity index (χ3n) is 9.97. The molecule has 44 heavy (non-hydrogen) atoms. The first-order chi connectivity index (χ1) is 21.0. The number of nitrogens with two attached hydrogens (primary N) is 2. The number of carbonyl (C=O) groups excluding carboxylic acids is 1. The van der Waals surface area contributed by atoms with Crippen LogP contribution in [-0.4, -0.2) is 135 Å². The summed E-state index contributed by atoms with van der Waals surface area (Å²) in [5.41, 5.74) is 13.2. The van der Waals surface area contributed by atoms with Crippen molar-refractivity contribution in [2.24, 2.45) is 22.4 Å². The number of aliphatic imine (C=N–C) groups is 1. The summed E-state index contributed by atoms with van der Waals surface area (Å²) in [6.07, 6.45) is 2.93. The molecule has 1 amide bonds. The summed E-state index contributed by atoms with van der Waals surface area (Å²) < 4.78 is 58.9. The number of fused-ring (bicyclic) bond motifs is 4. The van der Waals surface area contributed by atoms with Crippen LogP contribution in [0.4, 0.5) is 8.78 Å². The Labute approximate surface area is 262 Å². The SMILES string of the molecule is CC/C(C)=C\C(/N=C\C(F)CC)C(C(=O)NC1CNCC(F)C1N1CCC(S(=O)(=O)N2CCN3CCC2CC3)CC1)C(N)N. The number of allylic oxidation sites excluding steroid dienone is 1. The number of piperidine rings is 3. The van der Waals surface area contributed by atoms with Crippen LogP contribution < -0.4 is 22.1 Å². The number of hydrogen-bond donors (Lipinski definition) is 4. The molecule has 5 saturated heterocycles. The minimum Gasteiger partial charge on any atom is -0.350 e. The first-order valence-corrected chi connectivity index (χ1v) is 17.9. The van der Waals surface area contributed by atoms with Gasteiger partial charge >= 0.3 is 0 Å². The van der Waals surface area contributed by atoms with E-state index >= 15 is 4.39 Å². The predicted octanol–water partition coefficient (Wildman–Crippen LogP) is 0.759. The molecule has 252 valence electrons. The summed E-state index contributed by atoms with van der Waals surface area (Å²) in [6, 6.07) is -1.94. The highest BCUT2D eigenvalue weighted by Gasteiger charge is 2.45. The highest BCUT2D eigenvalue weighted by atomic mass is 32.2. The number of hydrogen-bond acceptors (Lipinski definition) is 9. The van der Waals surface area contributed by atoms with E-state index in [1.807, 2.05) is 18.7 Å². The van der Waals surface area contributed by atoms with Crippen LogP contribution in [0.25, 0.3) is 0 Å². The fourth-order valence-electron chi connectivity index (χ4n) is 7.13. The van der Waals surface area contributed by atoms with E-state index in [1.54, 1.807) is 17.3 Å². The van der Waals surface area contributed by atoms with Gasteiger partial charge in [0.15, 0.2) is 0 Å². The van der Waals surface area contributed by atoms with Gasteiger partial charge in [0.1, 0.15) is 12.3 Å². The van der Waals surface area contributed by atoms with Gasteiger partial charge in [0, 0.05) is 38.4 Å². The van der Waals surface area contributed by atoms with Crippen molar-refractivity contribution in [1.82, 2.24) is 24.7 Å². The number of nitrogens with one attached hydrogen (secondary N) is 2. The first kappa shape index (κ1) is 35.3. The second-order valence-corrected chi connectivity index (χ2v) is 15.1. The minimum atomic E-state index is -3.47. The number of carbonyl (C=O) groups is 1. The zero-order valence-electron chi connectivity index (χ0n) is 26.6. The van der Waals surface area contributed by atoms with Gasteiger partial charge in [-0.1, -0.05) is 25.5 Å². The normalized spacial score (nSPS) is 32.1. The van der Waals surface area contributed by atoms with Gasteiger partial charge in [0.05, 0.1) is 35.5 Å². The maximum absolute atomic E-state index is 15.6. The standard InChI is InChI=1S/C30H54F2N8O3S/c1-4-20(3)16-25(36-17-21(31)5-2)27(29(33)34)30(41)37-26-19-35-18-24(32)28(26)39-12-8-23(9-13-39)44(42,43)40-15-14-38-10-6-22(40)7-11-38/h16-17,21-29,35H,4-15,18-19,33-34H2,1-3H3,(H,37,41)/b20-16-,36-17-. The number of nitrogens with zero attached hydrogens (tertiary/aromatic N) is 4. The molecule has 6 atom stereocenters. The monoisotopic (exact) mass is 644 g/mol. The quantitative estimate of drug-likeness (QED) is 0.138. The third kappa shape index (κ3) is 8.42. The molecule has 5 fully saturated rings. The Bertz CT molecular complexity index is 1110. The minimum absolute atomic E-state index is 0.0692. The first-order valence-electron chi connectivity index (χ1n) is 16.4. The maximum atomic E-state index is 15.6. The van der Waals surface area contributed by atoms with Crippen LogP contribution >= 0.6 is 0 Å². The summed E-state index contributed by atoms with van der Waals surface area (Å²) >= 11 is 0. The lowest BCUT2D eigenvalue weighted by atomic mass is 9.91. The van der Waals surface area contributed by atoms with E-state index in [2.05, 4.69) is 20.5 Å². The van der Waals surface area contributed by atoms with Crippen molar-refractivity contribution in [1.29, 1.82) is 0 Å². The zero-order chi connectivity index (χ0) is 32.0. The summed E-state index contributed by atoms with van der Waals surface area (Å²) in [6.45, 7) is 10.1. The number of rotatable bonds is 12. The number of likely N-dealkylation sites (tertiary alicyclic amines) is 1. The molecule has 5 aliphatic rings. The summed E-state index contributed by atoms with van der Waals surface area (Å²) in [5, 5.41) is 5.57. The van der Waals surface area contributed by atoms with Gasteiger partial charge in [0.2, 0.25) is 15.9 Å². The molecule has 14 heteroatoms. The highest BCUT2D eigenvalue weighted by Crippen LogP contribution is 2.30. The second-order valence-electron chi connectivity index (χ2n) is 12.9. The van der Waals surface area contributed by atoms with Gasteiger partial charge in [-0.05, 0) is 71.6 Å². The van der Waals surface area contributed by atoms with E-state index < -0.39 is 63.7 Å². The van der Waals surface area contributed by atoms with Crippen molar-refractivity contribution in [2.75, 3.05) is 52.4 Å². The molecule has 2 bridgehead atoms. The molecule has 0 aromatic rings. The van der Waals surface area contributed by atoms with Crippen LogP contribution in [0.3, 0.4) is 0 Å². The molecule has 0 aromatic carbocycles. The van der Waals surface area contributed by atoms with Crippen molar-refractivity contribution in [3.8, 4) is 0 Å². The van der Waals surface area contributed by atoms with E-state index in [0.29, 0.717) is 45.4 Å². The summed E-state index contributed by atoms with van der Waals surface area (Å²) in [4.78, 5) is 22.4. The molecule has 11 nitrogen and oxygen atoms in total. The Hall–Kier alpha value is -1.55. The molecular formula is C30H54F2N8O3S. The smallest absolute Gasteiger partial charge is 0.228 e. The Morgan fingerprint density at radius 2 is 1.75 bits per heavy atom. The lowest BCUT2D eigenvalue weighted by Crippen LogP contribution is -2.67. The molecule has 6 unspecified atom stereocenters. The van der Waals surface area contributed by atoms with Gasteiger partial charge in [0.25, 0.3) is 0 Å². The lowest BCUT2D eigenvalue weighted by molar-refractivity contribution is -0.127. The average Bonchev–Trinajstić information content (AvgIpc) is 3.34. The van der Waals surface area contributed by atoms with Crippen molar-refractivity contribution in [3.05, 3.63) is 11.6 Å². The maximum Gasteiger partial charge on any atom is 0.228 e. The van der Waals surface area contributed by atoms with Gasteiger partial charge in [-0.15, -0.1) is 0 Å². The number of alkyl halides is 2. The second kappa shape index (κ2) is 15.8. The topological polar surface area (TPSA) is 149 Å². The van der Waals surface area contributed by atoms with Gasteiger partial charge in [-0.3, -0.25) is 14.7 Å². The van der Waals surface area contributed by atoms with Crippen LogP contribution in [0, 0.1) is 5.92 Å². The van der Waals surface area contributed by atoms with Crippen LogP contribution in [-0.2, 0) is 14.8 Å². The Kier molecular flexibility index (Phi) is 12.7. The molecule has 5 rings (SSSR count). The molecule has 0 aliphatic carbocycles. The van der Waals surface area contributed by atoms with Gasteiger partial charge in [-0.25, -0.2) is 17.2 Å². The molecule has 0 spiro atoms. The molecule has 5 aliphatic heterocycles. The predicted molar refractivity (Wildman–Crippen MR) is 170 cm³/mol. The van der Waals surface area contributed by atoms with E-state index in [9.17, 15) is 17.6 Å². The molecular weight excluding hydrogens is 590 g/mol. The Morgan fingerprint density at radius 1 is 1.07 bits per heavy atom. The third-order valence-corrected chi connectivity index (χ3v) is 12.4.